The van der Waals surface area contributed by atoms with Gasteiger partial charge < -0.3 is 9.30 Å². The first kappa shape index (κ1) is 21.0. The van der Waals surface area contributed by atoms with Gasteiger partial charge in [0.2, 0.25) is 0 Å². The van der Waals surface area contributed by atoms with Crippen molar-refractivity contribution in [2.24, 2.45) is 0 Å². The van der Waals surface area contributed by atoms with Gasteiger partial charge in [0.05, 0.1) is 16.3 Å². The van der Waals surface area contributed by atoms with Gasteiger partial charge in [0.15, 0.2) is 11.0 Å². The number of hydrogen-bond donors (Lipinski definition) is 0. The fraction of sp³-hybridized carbons (Fsp3) is 0.200. The number of halogens is 1. The highest BCUT2D eigenvalue weighted by atomic mass is 35.5. The van der Waals surface area contributed by atoms with Gasteiger partial charge in [0, 0.05) is 22.5 Å². The Morgan fingerprint density at radius 1 is 1.20 bits per heavy atom. The number of rotatable bonds is 8. The molecule has 6 nitrogen and oxygen atoms in total. The average molecular weight is 477 g/mol. The normalized spacial score (nSPS) is 11.0. The summed E-state index contributed by atoms with van der Waals surface area (Å²) in [5, 5.41) is 14.7. The Morgan fingerprint density at radius 3 is 2.77 bits per heavy atom. The molecule has 30 heavy (non-hydrogen) atoms. The van der Waals surface area contributed by atoms with Crippen LogP contribution in [0.4, 0.5) is 0 Å². The van der Waals surface area contributed by atoms with Gasteiger partial charge in [0.1, 0.15) is 11.6 Å². The van der Waals surface area contributed by atoms with Crippen molar-refractivity contribution in [3.8, 4) is 21.3 Å². The molecule has 0 unspecified atom stereocenters. The molecule has 4 aromatic rings. The largest absolute Gasteiger partial charge is 0.459 e. The number of ether oxygens (including phenoxy) is 1. The first-order chi connectivity index (χ1) is 14.6. The second-order valence-electron chi connectivity index (χ2n) is 6.13. The van der Waals surface area contributed by atoms with Gasteiger partial charge in [-0.05, 0) is 30.5 Å². The van der Waals surface area contributed by atoms with Crippen LogP contribution in [0.3, 0.4) is 0 Å². The molecule has 0 saturated carbocycles. The van der Waals surface area contributed by atoms with Crippen molar-refractivity contribution < 1.29 is 9.53 Å². The molecule has 0 fully saturated rings. The second kappa shape index (κ2) is 9.74. The quantitative estimate of drug-likeness (QED) is 0.242. The standard InChI is InChI=1S/C20H17ClN4O2S3/c1-2-25-18(16-4-3-9-28-16)23-24-20(25)30-12-17(26)27-10-15-11-29-19(22-15)13-5-7-14(21)8-6-13/h3-9,11H,2,10,12H2,1H3. The topological polar surface area (TPSA) is 69.9 Å². The van der Waals surface area contributed by atoms with Crippen LogP contribution < -0.4 is 0 Å². The lowest BCUT2D eigenvalue weighted by Gasteiger charge is -2.06. The van der Waals surface area contributed by atoms with Gasteiger partial charge in [-0.15, -0.1) is 32.9 Å². The summed E-state index contributed by atoms with van der Waals surface area (Å²) in [4.78, 5) is 17.8. The Balaban J connectivity index is 1.31. The molecule has 0 aliphatic carbocycles. The monoisotopic (exact) mass is 476 g/mol. The van der Waals surface area contributed by atoms with Gasteiger partial charge in [0.25, 0.3) is 0 Å². The summed E-state index contributed by atoms with van der Waals surface area (Å²) >= 11 is 10.4. The molecule has 0 saturated heterocycles. The van der Waals surface area contributed by atoms with E-state index in [1.165, 1.54) is 23.1 Å². The first-order valence-electron chi connectivity index (χ1n) is 9.10. The van der Waals surface area contributed by atoms with Crippen LogP contribution >= 0.6 is 46.0 Å². The van der Waals surface area contributed by atoms with E-state index in [9.17, 15) is 4.79 Å². The minimum absolute atomic E-state index is 0.143. The number of carbonyl (C=O) groups is 1. The maximum atomic E-state index is 12.2. The third-order valence-electron chi connectivity index (χ3n) is 4.12. The number of benzene rings is 1. The Bertz CT molecular complexity index is 1120. The van der Waals surface area contributed by atoms with Crippen LogP contribution in [-0.4, -0.2) is 31.5 Å². The molecule has 0 aliphatic heterocycles. The Morgan fingerprint density at radius 2 is 2.03 bits per heavy atom. The smallest absolute Gasteiger partial charge is 0.316 e. The highest BCUT2D eigenvalue weighted by molar-refractivity contribution is 7.99. The Labute approximate surface area is 190 Å². The van der Waals surface area contributed by atoms with Crippen LogP contribution in [0.1, 0.15) is 12.6 Å². The molecule has 0 N–H and O–H groups in total. The molecule has 4 rings (SSSR count). The lowest BCUT2D eigenvalue weighted by molar-refractivity contribution is -0.141. The SMILES string of the molecule is CCn1c(SCC(=O)OCc2csc(-c3ccc(Cl)cc3)n2)nnc1-c1cccs1. The third-order valence-corrected chi connectivity index (χ3v) is 7.12. The Kier molecular flexibility index (Phi) is 6.83. The minimum atomic E-state index is -0.315. The van der Waals surface area contributed by atoms with E-state index in [1.54, 1.807) is 11.3 Å². The number of aromatic nitrogens is 4. The molecule has 3 heterocycles. The summed E-state index contributed by atoms with van der Waals surface area (Å²) in [5.41, 5.74) is 1.71. The van der Waals surface area contributed by atoms with E-state index in [0.29, 0.717) is 10.2 Å². The van der Waals surface area contributed by atoms with E-state index < -0.39 is 0 Å². The number of thiazole rings is 1. The minimum Gasteiger partial charge on any atom is -0.459 e. The molecule has 0 atom stereocenters. The number of thioether (sulfide) groups is 1. The van der Waals surface area contributed by atoms with Crippen molar-refractivity contribution in [1.29, 1.82) is 0 Å². The average Bonchev–Trinajstić information content (AvgIpc) is 3.51. The summed E-state index contributed by atoms with van der Waals surface area (Å²) in [7, 11) is 0. The molecule has 0 aliphatic rings. The van der Waals surface area contributed by atoms with E-state index in [1.807, 2.05) is 58.6 Å². The number of thiophene rings is 1. The van der Waals surface area contributed by atoms with E-state index in [4.69, 9.17) is 16.3 Å². The molecular formula is C20H17ClN4O2S3. The van der Waals surface area contributed by atoms with Crippen LogP contribution in [0.2, 0.25) is 5.02 Å². The Hall–Kier alpha value is -2.20. The summed E-state index contributed by atoms with van der Waals surface area (Å²) in [5.74, 6) is 0.668. The zero-order valence-electron chi connectivity index (χ0n) is 15.9. The molecule has 154 valence electrons. The summed E-state index contributed by atoms with van der Waals surface area (Å²) in [6.45, 7) is 2.90. The molecule has 3 aromatic heterocycles. The van der Waals surface area contributed by atoms with E-state index in [2.05, 4.69) is 15.2 Å². The van der Waals surface area contributed by atoms with Gasteiger partial charge in [-0.25, -0.2) is 4.98 Å². The van der Waals surface area contributed by atoms with Crippen molar-refractivity contribution in [3.63, 3.8) is 0 Å². The maximum absolute atomic E-state index is 12.2. The molecule has 0 radical (unpaired) electrons. The highest BCUT2D eigenvalue weighted by Crippen LogP contribution is 2.28. The van der Waals surface area contributed by atoms with Crippen molar-refractivity contribution in [1.82, 2.24) is 19.7 Å². The van der Waals surface area contributed by atoms with Crippen LogP contribution in [0.15, 0.2) is 52.3 Å². The second-order valence-corrected chi connectivity index (χ2v) is 9.31. The van der Waals surface area contributed by atoms with Gasteiger partial charge >= 0.3 is 5.97 Å². The van der Waals surface area contributed by atoms with Crippen LogP contribution in [-0.2, 0) is 22.7 Å². The predicted molar refractivity (Wildman–Crippen MR) is 122 cm³/mol. The fourth-order valence-electron chi connectivity index (χ4n) is 2.69. The number of hydrogen-bond acceptors (Lipinski definition) is 8. The highest BCUT2D eigenvalue weighted by Gasteiger charge is 2.16. The summed E-state index contributed by atoms with van der Waals surface area (Å²) < 4.78 is 7.38. The van der Waals surface area contributed by atoms with Crippen LogP contribution in [0, 0.1) is 0 Å². The fourth-order valence-corrected chi connectivity index (χ4v) is 5.14. The van der Waals surface area contributed by atoms with Gasteiger partial charge in [-0.3, -0.25) is 4.79 Å². The molecule has 1 aromatic carbocycles. The lowest BCUT2D eigenvalue weighted by Crippen LogP contribution is -2.08. The van der Waals surface area contributed by atoms with E-state index in [-0.39, 0.29) is 18.3 Å². The summed E-state index contributed by atoms with van der Waals surface area (Å²) in [6, 6.07) is 11.5. The van der Waals surface area contributed by atoms with E-state index >= 15 is 0 Å². The van der Waals surface area contributed by atoms with Crippen LogP contribution in [0.25, 0.3) is 21.3 Å². The molecule has 0 bridgehead atoms. The van der Waals surface area contributed by atoms with Gasteiger partial charge in [-0.2, -0.15) is 0 Å². The van der Waals surface area contributed by atoms with E-state index in [0.717, 1.165) is 33.5 Å². The third kappa shape index (κ3) is 4.92. The van der Waals surface area contributed by atoms with Crippen molar-refractivity contribution >= 4 is 52.0 Å². The molecular weight excluding hydrogens is 460 g/mol. The molecule has 10 heteroatoms. The number of esters is 1. The molecule has 0 amide bonds. The predicted octanol–water partition coefficient (Wildman–Crippen LogP) is 5.64. The molecule has 0 spiro atoms. The maximum Gasteiger partial charge on any atom is 0.316 e. The zero-order valence-corrected chi connectivity index (χ0v) is 19.2. The van der Waals surface area contributed by atoms with Crippen molar-refractivity contribution in [2.75, 3.05) is 5.75 Å². The zero-order chi connectivity index (χ0) is 20.9. The lowest BCUT2D eigenvalue weighted by atomic mass is 10.2. The summed E-state index contributed by atoms with van der Waals surface area (Å²) in [6.07, 6.45) is 0. The van der Waals surface area contributed by atoms with Crippen molar-refractivity contribution in [3.05, 3.63) is 57.9 Å². The number of carbonyl (C=O) groups excluding carboxylic acids is 1. The van der Waals surface area contributed by atoms with Gasteiger partial charge in [-0.1, -0.05) is 41.6 Å². The first-order valence-corrected chi connectivity index (χ1v) is 12.2. The number of nitrogens with zero attached hydrogens (tertiary/aromatic N) is 4. The van der Waals surface area contributed by atoms with Crippen LogP contribution in [0.5, 0.6) is 0 Å². The van der Waals surface area contributed by atoms with Crippen molar-refractivity contribution in [2.45, 2.75) is 25.2 Å².